The molecule has 1 aliphatic rings. The van der Waals surface area contributed by atoms with E-state index in [-0.39, 0.29) is 11.9 Å². The standard InChI is InChI=1S/C14H25NO4/c1-5-18-10-8-12(16)15-9-6-7-11(15)13(17)19-14(2,3)4/h11H,5-10H2,1-4H3/t11-/m1/s1. The zero-order chi connectivity index (χ0) is 14.5. The fourth-order valence-electron chi connectivity index (χ4n) is 2.13. The van der Waals surface area contributed by atoms with Crippen LogP contribution in [0.4, 0.5) is 0 Å². The molecule has 0 radical (unpaired) electrons. The van der Waals surface area contributed by atoms with Gasteiger partial charge in [0.1, 0.15) is 11.6 Å². The van der Waals surface area contributed by atoms with E-state index in [1.807, 2.05) is 27.7 Å². The van der Waals surface area contributed by atoms with Crippen molar-refractivity contribution in [2.45, 2.75) is 58.6 Å². The van der Waals surface area contributed by atoms with E-state index in [9.17, 15) is 9.59 Å². The smallest absolute Gasteiger partial charge is 0.329 e. The Morgan fingerprint density at radius 1 is 1.32 bits per heavy atom. The number of rotatable bonds is 5. The summed E-state index contributed by atoms with van der Waals surface area (Å²) >= 11 is 0. The molecule has 5 heteroatoms. The molecule has 0 bridgehead atoms. The Labute approximate surface area is 115 Å². The van der Waals surface area contributed by atoms with Gasteiger partial charge in [-0.1, -0.05) is 0 Å². The molecule has 0 saturated carbocycles. The number of nitrogens with zero attached hydrogens (tertiary/aromatic N) is 1. The van der Waals surface area contributed by atoms with E-state index in [1.54, 1.807) is 4.90 Å². The summed E-state index contributed by atoms with van der Waals surface area (Å²) in [6.07, 6.45) is 1.87. The lowest BCUT2D eigenvalue weighted by atomic mass is 10.1. The van der Waals surface area contributed by atoms with E-state index in [2.05, 4.69) is 0 Å². The van der Waals surface area contributed by atoms with Crippen LogP contribution in [0.25, 0.3) is 0 Å². The van der Waals surface area contributed by atoms with Crippen LogP contribution in [0.5, 0.6) is 0 Å². The molecule has 110 valence electrons. The number of likely N-dealkylation sites (tertiary alicyclic amines) is 1. The van der Waals surface area contributed by atoms with Gasteiger partial charge in [0.15, 0.2) is 0 Å². The Morgan fingerprint density at radius 2 is 2.00 bits per heavy atom. The molecule has 0 aliphatic carbocycles. The van der Waals surface area contributed by atoms with Crippen LogP contribution in [-0.4, -0.2) is 48.2 Å². The maximum atomic E-state index is 12.1. The highest BCUT2D eigenvalue weighted by Gasteiger charge is 2.36. The molecule has 1 heterocycles. The van der Waals surface area contributed by atoms with Gasteiger partial charge in [-0.2, -0.15) is 0 Å². The second kappa shape index (κ2) is 6.89. The molecule has 1 fully saturated rings. The SMILES string of the molecule is CCOCCC(=O)N1CCC[C@@H]1C(=O)OC(C)(C)C. The summed E-state index contributed by atoms with van der Waals surface area (Å²) in [5.41, 5.74) is -0.514. The van der Waals surface area contributed by atoms with Crippen molar-refractivity contribution in [2.75, 3.05) is 19.8 Å². The van der Waals surface area contributed by atoms with Crippen LogP contribution in [0, 0.1) is 0 Å². The third kappa shape index (κ3) is 5.19. The van der Waals surface area contributed by atoms with Crippen LogP contribution in [0.1, 0.15) is 47.0 Å². The van der Waals surface area contributed by atoms with Crippen molar-refractivity contribution in [1.29, 1.82) is 0 Å². The zero-order valence-corrected chi connectivity index (χ0v) is 12.4. The first-order valence-corrected chi connectivity index (χ1v) is 6.95. The highest BCUT2D eigenvalue weighted by molar-refractivity contribution is 5.85. The van der Waals surface area contributed by atoms with Gasteiger partial charge in [0.05, 0.1) is 13.0 Å². The van der Waals surface area contributed by atoms with Crippen molar-refractivity contribution >= 4 is 11.9 Å². The number of esters is 1. The summed E-state index contributed by atoms with van der Waals surface area (Å²) < 4.78 is 10.5. The van der Waals surface area contributed by atoms with E-state index >= 15 is 0 Å². The Bertz CT molecular complexity index is 322. The molecule has 0 unspecified atom stereocenters. The number of hydrogen-bond donors (Lipinski definition) is 0. The van der Waals surface area contributed by atoms with Gasteiger partial charge in [0, 0.05) is 13.2 Å². The highest BCUT2D eigenvalue weighted by atomic mass is 16.6. The molecular weight excluding hydrogens is 246 g/mol. The molecule has 1 amide bonds. The molecular formula is C14H25NO4. The van der Waals surface area contributed by atoms with Crippen LogP contribution in [0.15, 0.2) is 0 Å². The van der Waals surface area contributed by atoms with E-state index < -0.39 is 11.6 Å². The van der Waals surface area contributed by atoms with Crippen molar-refractivity contribution in [3.8, 4) is 0 Å². The van der Waals surface area contributed by atoms with Crippen molar-refractivity contribution in [2.24, 2.45) is 0 Å². The molecule has 0 aromatic rings. The van der Waals surface area contributed by atoms with Crippen LogP contribution in [-0.2, 0) is 19.1 Å². The third-order valence-electron chi connectivity index (χ3n) is 2.92. The average molecular weight is 271 g/mol. The summed E-state index contributed by atoms with van der Waals surface area (Å²) in [4.78, 5) is 25.7. The lowest BCUT2D eigenvalue weighted by Gasteiger charge is -2.27. The number of carbonyl (C=O) groups is 2. The third-order valence-corrected chi connectivity index (χ3v) is 2.92. The molecule has 1 saturated heterocycles. The first-order chi connectivity index (χ1) is 8.85. The monoisotopic (exact) mass is 271 g/mol. The molecule has 0 aromatic carbocycles. The number of amides is 1. The van der Waals surface area contributed by atoms with Gasteiger partial charge in [-0.25, -0.2) is 4.79 Å². The van der Waals surface area contributed by atoms with Gasteiger partial charge in [0.25, 0.3) is 0 Å². The number of ether oxygens (including phenoxy) is 2. The summed E-state index contributed by atoms with van der Waals surface area (Å²) in [7, 11) is 0. The topological polar surface area (TPSA) is 55.8 Å². The zero-order valence-electron chi connectivity index (χ0n) is 12.4. The maximum Gasteiger partial charge on any atom is 0.329 e. The molecule has 0 spiro atoms. The normalized spacial score (nSPS) is 19.6. The van der Waals surface area contributed by atoms with Crippen LogP contribution < -0.4 is 0 Å². The van der Waals surface area contributed by atoms with Gasteiger partial charge < -0.3 is 14.4 Å². The quantitative estimate of drug-likeness (QED) is 0.564. The predicted octanol–water partition coefficient (Wildman–Crippen LogP) is 1.75. The highest BCUT2D eigenvalue weighted by Crippen LogP contribution is 2.21. The molecule has 19 heavy (non-hydrogen) atoms. The fourth-order valence-corrected chi connectivity index (χ4v) is 2.13. The largest absolute Gasteiger partial charge is 0.458 e. The van der Waals surface area contributed by atoms with Gasteiger partial charge in [-0.05, 0) is 40.5 Å². The summed E-state index contributed by atoms with van der Waals surface area (Å²) in [6.45, 7) is 9.04. The van der Waals surface area contributed by atoms with Crippen molar-refractivity contribution < 1.29 is 19.1 Å². The van der Waals surface area contributed by atoms with Gasteiger partial charge >= 0.3 is 5.97 Å². The van der Waals surface area contributed by atoms with Gasteiger partial charge in [0.2, 0.25) is 5.91 Å². The van der Waals surface area contributed by atoms with Crippen molar-refractivity contribution in [3.05, 3.63) is 0 Å². The number of hydrogen-bond acceptors (Lipinski definition) is 4. The molecule has 1 atom stereocenters. The van der Waals surface area contributed by atoms with Crippen molar-refractivity contribution in [1.82, 2.24) is 4.90 Å². The molecule has 0 N–H and O–H groups in total. The maximum absolute atomic E-state index is 12.1. The average Bonchev–Trinajstić information content (AvgIpc) is 2.75. The van der Waals surface area contributed by atoms with Crippen LogP contribution in [0.3, 0.4) is 0 Å². The van der Waals surface area contributed by atoms with E-state index in [0.717, 1.165) is 6.42 Å². The van der Waals surface area contributed by atoms with Crippen LogP contribution >= 0.6 is 0 Å². The Kier molecular flexibility index (Phi) is 5.79. The first-order valence-electron chi connectivity index (χ1n) is 6.95. The summed E-state index contributed by atoms with van der Waals surface area (Å²) in [5, 5.41) is 0. The molecule has 1 aliphatic heterocycles. The first kappa shape index (κ1) is 16.0. The molecule has 5 nitrogen and oxygen atoms in total. The predicted molar refractivity (Wildman–Crippen MR) is 71.7 cm³/mol. The van der Waals surface area contributed by atoms with E-state index in [0.29, 0.717) is 32.6 Å². The van der Waals surface area contributed by atoms with Crippen molar-refractivity contribution in [3.63, 3.8) is 0 Å². The minimum Gasteiger partial charge on any atom is -0.458 e. The Hall–Kier alpha value is -1.10. The molecule has 1 rings (SSSR count). The second-order valence-corrected chi connectivity index (χ2v) is 5.73. The van der Waals surface area contributed by atoms with Gasteiger partial charge in [-0.15, -0.1) is 0 Å². The van der Waals surface area contributed by atoms with Crippen LogP contribution in [0.2, 0.25) is 0 Å². The summed E-state index contributed by atoms with van der Waals surface area (Å²) in [6, 6.07) is -0.423. The fraction of sp³-hybridized carbons (Fsp3) is 0.857. The second-order valence-electron chi connectivity index (χ2n) is 5.73. The minimum absolute atomic E-state index is 0.0261. The lowest BCUT2D eigenvalue weighted by molar-refractivity contribution is -0.163. The summed E-state index contributed by atoms with van der Waals surface area (Å²) in [5.74, 6) is -0.323. The van der Waals surface area contributed by atoms with Gasteiger partial charge in [-0.3, -0.25) is 4.79 Å². The van der Waals surface area contributed by atoms with E-state index in [4.69, 9.17) is 9.47 Å². The van der Waals surface area contributed by atoms with E-state index in [1.165, 1.54) is 0 Å². The Morgan fingerprint density at radius 3 is 2.58 bits per heavy atom. The number of carbonyl (C=O) groups excluding carboxylic acids is 2. The Balaban J connectivity index is 2.53. The molecule has 0 aromatic heterocycles. The minimum atomic E-state index is -0.514. The lowest BCUT2D eigenvalue weighted by Crippen LogP contribution is -2.43.